The molecule has 0 spiro atoms. The highest BCUT2D eigenvalue weighted by molar-refractivity contribution is 5.31. The molecule has 3 rings (SSSR count). The third kappa shape index (κ3) is 5.72. The van der Waals surface area contributed by atoms with E-state index in [9.17, 15) is 0 Å². The molecule has 26 heavy (non-hydrogen) atoms. The van der Waals surface area contributed by atoms with Gasteiger partial charge in [-0.05, 0) is 81.4 Å². The molecule has 2 heterocycles. The molecular formula is C23H38N2O. The predicted molar refractivity (Wildman–Crippen MR) is 110 cm³/mol. The van der Waals surface area contributed by atoms with Gasteiger partial charge < -0.3 is 14.5 Å². The Morgan fingerprint density at radius 1 is 0.923 bits per heavy atom. The van der Waals surface area contributed by atoms with Gasteiger partial charge in [0.05, 0.1) is 6.61 Å². The van der Waals surface area contributed by atoms with Gasteiger partial charge in [0.25, 0.3) is 0 Å². The van der Waals surface area contributed by atoms with E-state index in [2.05, 4.69) is 54.8 Å². The predicted octanol–water partition coefficient (Wildman–Crippen LogP) is 4.70. The SMILES string of the molecule is CC(C)(C)c1ccc(OCCCN2CCC(N3CCCCC3)CC2)cc1. The van der Waals surface area contributed by atoms with Gasteiger partial charge in [-0.25, -0.2) is 0 Å². The van der Waals surface area contributed by atoms with Crippen LogP contribution in [0.1, 0.15) is 64.9 Å². The van der Waals surface area contributed by atoms with E-state index in [4.69, 9.17) is 4.74 Å². The number of hydrogen-bond donors (Lipinski definition) is 0. The van der Waals surface area contributed by atoms with Crippen molar-refractivity contribution < 1.29 is 4.74 Å². The molecule has 2 saturated heterocycles. The number of hydrogen-bond acceptors (Lipinski definition) is 3. The third-order valence-electron chi connectivity index (χ3n) is 6.07. The third-order valence-corrected chi connectivity index (χ3v) is 6.07. The van der Waals surface area contributed by atoms with Crippen LogP contribution < -0.4 is 4.74 Å². The fraction of sp³-hybridized carbons (Fsp3) is 0.739. The highest BCUT2D eigenvalue weighted by atomic mass is 16.5. The summed E-state index contributed by atoms with van der Waals surface area (Å²) in [5.74, 6) is 1.00. The van der Waals surface area contributed by atoms with Gasteiger partial charge >= 0.3 is 0 Å². The van der Waals surface area contributed by atoms with Gasteiger partial charge in [-0.15, -0.1) is 0 Å². The first-order valence-corrected chi connectivity index (χ1v) is 10.7. The smallest absolute Gasteiger partial charge is 0.119 e. The number of likely N-dealkylation sites (tertiary alicyclic amines) is 2. The normalized spacial score (nSPS) is 21.0. The summed E-state index contributed by atoms with van der Waals surface area (Å²) in [5, 5.41) is 0. The minimum absolute atomic E-state index is 0.207. The molecule has 0 amide bonds. The van der Waals surface area contributed by atoms with E-state index >= 15 is 0 Å². The molecule has 0 bridgehead atoms. The Balaban J connectivity index is 1.31. The second-order valence-corrected chi connectivity index (χ2v) is 9.15. The van der Waals surface area contributed by atoms with Gasteiger partial charge in [0.2, 0.25) is 0 Å². The highest BCUT2D eigenvalue weighted by Gasteiger charge is 2.25. The summed E-state index contributed by atoms with van der Waals surface area (Å²) in [6.45, 7) is 13.9. The quantitative estimate of drug-likeness (QED) is 0.685. The van der Waals surface area contributed by atoms with Crippen molar-refractivity contribution in [1.82, 2.24) is 9.80 Å². The van der Waals surface area contributed by atoms with Crippen molar-refractivity contribution in [2.45, 2.75) is 70.8 Å². The van der Waals surface area contributed by atoms with Gasteiger partial charge in [0.15, 0.2) is 0 Å². The number of piperidine rings is 2. The van der Waals surface area contributed by atoms with E-state index in [1.165, 1.54) is 70.4 Å². The summed E-state index contributed by atoms with van der Waals surface area (Å²) < 4.78 is 5.95. The van der Waals surface area contributed by atoms with Crippen molar-refractivity contribution in [3.63, 3.8) is 0 Å². The van der Waals surface area contributed by atoms with Crippen LogP contribution in [0.5, 0.6) is 5.75 Å². The highest BCUT2D eigenvalue weighted by Crippen LogP contribution is 2.24. The Morgan fingerprint density at radius 2 is 1.58 bits per heavy atom. The second-order valence-electron chi connectivity index (χ2n) is 9.15. The number of ether oxygens (including phenoxy) is 1. The van der Waals surface area contributed by atoms with E-state index < -0.39 is 0 Å². The molecule has 0 aromatic heterocycles. The standard InChI is InChI=1S/C23H38N2O/c1-23(2,3)20-8-10-22(11-9-20)26-19-7-14-24-17-12-21(13-18-24)25-15-5-4-6-16-25/h8-11,21H,4-7,12-19H2,1-3H3. The first-order chi connectivity index (χ1) is 12.5. The number of rotatable bonds is 6. The monoisotopic (exact) mass is 358 g/mol. The summed E-state index contributed by atoms with van der Waals surface area (Å²) >= 11 is 0. The van der Waals surface area contributed by atoms with Crippen molar-refractivity contribution in [1.29, 1.82) is 0 Å². The molecule has 146 valence electrons. The first-order valence-electron chi connectivity index (χ1n) is 10.7. The average Bonchev–Trinajstić information content (AvgIpc) is 2.66. The van der Waals surface area contributed by atoms with Crippen molar-refractivity contribution in [3.05, 3.63) is 29.8 Å². The molecule has 2 fully saturated rings. The van der Waals surface area contributed by atoms with Crippen molar-refractivity contribution in [3.8, 4) is 5.75 Å². The van der Waals surface area contributed by atoms with Crippen LogP contribution in [0.4, 0.5) is 0 Å². The van der Waals surface area contributed by atoms with Crippen LogP contribution in [0.2, 0.25) is 0 Å². The Hall–Kier alpha value is -1.06. The van der Waals surface area contributed by atoms with Crippen molar-refractivity contribution in [2.24, 2.45) is 0 Å². The number of nitrogens with zero attached hydrogens (tertiary/aromatic N) is 2. The molecule has 3 nitrogen and oxygen atoms in total. The van der Waals surface area contributed by atoms with Crippen LogP contribution in [0.3, 0.4) is 0 Å². The lowest BCUT2D eigenvalue weighted by atomic mass is 9.87. The molecular weight excluding hydrogens is 320 g/mol. The van der Waals surface area contributed by atoms with Gasteiger partial charge in [0.1, 0.15) is 5.75 Å². The summed E-state index contributed by atoms with van der Waals surface area (Å²) in [6.07, 6.45) is 8.09. The minimum atomic E-state index is 0.207. The lowest BCUT2D eigenvalue weighted by Crippen LogP contribution is -2.46. The molecule has 0 radical (unpaired) electrons. The molecule has 0 aliphatic carbocycles. The zero-order valence-electron chi connectivity index (χ0n) is 17.2. The van der Waals surface area contributed by atoms with Crippen LogP contribution in [0.15, 0.2) is 24.3 Å². The Morgan fingerprint density at radius 3 is 2.19 bits per heavy atom. The fourth-order valence-corrected chi connectivity index (χ4v) is 4.32. The summed E-state index contributed by atoms with van der Waals surface area (Å²) in [4.78, 5) is 5.39. The number of benzene rings is 1. The van der Waals surface area contributed by atoms with Crippen molar-refractivity contribution in [2.75, 3.05) is 39.3 Å². The lowest BCUT2D eigenvalue weighted by molar-refractivity contribution is 0.0901. The molecule has 1 aromatic rings. The molecule has 0 atom stereocenters. The maximum atomic E-state index is 5.95. The van der Waals surface area contributed by atoms with Crippen LogP contribution in [0.25, 0.3) is 0 Å². The van der Waals surface area contributed by atoms with E-state index in [1.807, 2.05) is 0 Å². The fourth-order valence-electron chi connectivity index (χ4n) is 4.32. The van der Waals surface area contributed by atoms with Gasteiger partial charge in [0, 0.05) is 12.6 Å². The molecule has 2 aliphatic rings. The first kappa shape index (κ1) is 19.7. The van der Waals surface area contributed by atoms with Crippen LogP contribution in [0, 0.1) is 0 Å². The van der Waals surface area contributed by atoms with Crippen LogP contribution in [-0.4, -0.2) is 55.2 Å². The van der Waals surface area contributed by atoms with Gasteiger partial charge in [-0.1, -0.05) is 39.3 Å². The molecule has 1 aromatic carbocycles. The summed E-state index contributed by atoms with van der Waals surface area (Å²) in [7, 11) is 0. The Kier molecular flexibility index (Phi) is 6.99. The molecule has 2 aliphatic heterocycles. The topological polar surface area (TPSA) is 15.7 Å². The lowest BCUT2D eigenvalue weighted by Gasteiger charge is -2.40. The second kappa shape index (κ2) is 9.23. The van der Waals surface area contributed by atoms with Crippen LogP contribution in [-0.2, 0) is 5.41 Å². The van der Waals surface area contributed by atoms with E-state index in [-0.39, 0.29) is 5.41 Å². The van der Waals surface area contributed by atoms with Gasteiger partial charge in [-0.2, -0.15) is 0 Å². The summed E-state index contributed by atoms with van der Waals surface area (Å²) in [5.41, 5.74) is 1.57. The maximum absolute atomic E-state index is 5.95. The average molecular weight is 359 g/mol. The van der Waals surface area contributed by atoms with Crippen molar-refractivity contribution >= 4 is 0 Å². The Labute approximate surface area is 160 Å². The Bertz CT molecular complexity index is 520. The van der Waals surface area contributed by atoms with E-state index in [1.54, 1.807) is 0 Å². The molecule has 0 N–H and O–H groups in total. The zero-order chi connectivity index (χ0) is 18.4. The maximum Gasteiger partial charge on any atom is 0.119 e. The molecule has 0 saturated carbocycles. The van der Waals surface area contributed by atoms with Crippen LogP contribution >= 0.6 is 0 Å². The molecule has 0 unspecified atom stereocenters. The van der Waals surface area contributed by atoms with E-state index in [0.29, 0.717) is 0 Å². The summed E-state index contributed by atoms with van der Waals surface area (Å²) in [6, 6.07) is 9.47. The van der Waals surface area contributed by atoms with E-state index in [0.717, 1.165) is 24.8 Å². The molecule has 3 heteroatoms. The van der Waals surface area contributed by atoms with Gasteiger partial charge in [-0.3, -0.25) is 0 Å². The minimum Gasteiger partial charge on any atom is -0.494 e. The largest absolute Gasteiger partial charge is 0.494 e. The zero-order valence-corrected chi connectivity index (χ0v) is 17.2.